The third-order valence-electron chi connectivity index (χ3n) is 5.61. The van der Waals surface area contributed by atoms with E-state index in [1.807, 2.05) is 25.1 Å². The Hall–Kier alpha value is -4.27. The molecule has 3 rings (SSSR count). The molecule has 3 aromatic rings. The zero-order chi connectivity index (χ0) is 25.4. The number of benzene rings is 2. The Balaban J connectivity index is 2.00. The average molecular weight is 478 g/mol. The summed E-state index contributed by atoms with van der Waals surface area (Å²) in [4.78, 5) is 24.8. The van der Waals surface area contributed by atoms with Gasteiger partial charge in [0.25, 0.3) is 5.56 Å². The Bertz CT molecular complexity index is 1320. The van der Waals surface area contributed by atoms with Crippen LogP contribution in [0.15, 0.2) is 69.6 Å². The lowest BCUT2D eigenvalue weighted by molar-refractivity contribution is 0.0600. The van der Waals surface area contributed by atoms with Crippen LogP contribution in [-0.4, -0.2) is 30.2 Å². The summed E-state index contributed by atoms with van der Waals surface area (Å²) < 4.78 is 21.5. The molecule has 35 heavy (non-hydrogen) atoms. The molecule has 0 fully saturated rings. The fraction of sp³-hybridized carbons (Fsp3) is 0.231. The lowest BCUT2D eigenvalue weighted by atomic mass is 9.97. The molecule has 2 aromatic carbocycles. The number of pyridine rings is 1. The molecule has 9 heteroatoms. The molecule has 0 aliphatic heterocycles. The van der Waals surface area contributed by atoms with E-state index in [9.17, 15) is 9.59 Å². The fourth-order valence-electron chi connectivity index (χ4n) is 3.82. The zero-order valence-electron chi connectivity index (χ0n) is 19.8. The van der Waals surface area contributed by atoms with Gasteiger partial charge in [-0.1, -0.05) is 49.7 Å². The van der Waals surface area contributed by atoms with Gasteiger partial charge in [0.15, 0.2) is 5.84 Å². The number of nitrogens with two attached hydrogens (primary N) is 1. The number of nitrogens with one attached hydrogen (secondary N) is 1. The molecule has 0 saturated heterocycles. The summed E-state index contributed by atoms with van der Waals surface area (Å²) in [5.41, 5.74) is 5.36. The van der Waals surface area contributed by atoms with Crippen LogP contribution in [0, 0.1) is 5.82 Å². The molecular weight excluding hydrogens is 449 g/mol. The molecule has 1 aromatic heterocycles. The number of nitrogens with zero attached hydrogens (tertiary/aromatic N) is 3. The van der Waals surface area contributed by atoms with Crippen molar-refractivity contribution in [1.82, 2.24) is 9.99 Å². The Labute approximate surface area is 202 Å². The molecule has 0 aliphatic rings. The maximum atomic E-state index is 15.3. The maximum absolute atomic E-state index is 15.3. The van der Waals surface area contributed by atoms with E-state index in [-0.39, 0.29) is 23.5 Å². The van der Waals surface area contributed by atoms with Gasteiger partial charge in [-0.2, -0.15) is 10.2 Å². The van der Waals surface area contributed by atoms with Gasteiger partial charge in [-0.25, -0.2) is 9.18 Å². The van der Waals surface area contributed by atoms with E-state index in [2.05, 4.69) is 22.3 Å². The van der Waals surface area contributed by atoms with Crippen molar-refractivity contribution in [1.29, 1.82) is 0 Å². The van der Waals surface area contributed by atoms with E-state index in [0.29, 0.717) is 34.4 Å². The number of halogens is 1. The first-order valence-electron chi connectivity index (χ1n) is 11.1. The minimum Gasteiger partial charge on any atom is -0.465 e. The third-order valence-corrected chi connectivity index (χ3v) is 5.61. The lowest BCUT2D eigenvalue weighted by Gasteiger charge is -2.16. The Morgan fingerprint density at radius 2 is 1.97 bits per heavy atom. The molecule has 0 bridgehead atoms. The van der Waals surface area contributed by atoms with Crippen molar-refractivity contribution in [2.45, 2.75) is 32.7 Å². The SMILES string of the molecule is C=NN/C(=N\N)c1ccccc1-c1ccc(Cn2c(CCCC)cc(C(=O)OC)cc2=O)c(F)c1. The monoisotopic (exact) mass is 477 g/mol. The van der Waals surface area contributed by atoms with Crippen LogP contribution in [0.3, 0.4) is 0 Å². The number of carbonyl (C=O) groups excluding carboxylic acids is 1. The van der Waals surface area contributed by atoms with E-state index >= 15 is 4.39 Å². The number of aromatic nitrogens is 1. The molecular formula is C26H28FN5O3. The summed E-state index contributed by atoms with van der Waals surface area (Å²) in [6.07, 6.45) is 2.31. The van der Waals surface area contributed by atoms with Crippen molar-refractivity contribution >= 4 is 18.5 Å². The Morgan fingerprint density at radius 1 is 1.20 bits per heavy atom. The first-order valence-corrected chi connectivity index (χ1v) is 11.1. The number of carbonyl (C=O) groups is 1. The van der Waals surface area contributed by atoms with E-state index in [1.54, 1.807) is 24.3 Å². The predicted molar refractivity (Wildman–Crippen MR) is 135 cm³/mol. The molecule has 0 saturated carbocycles. The van der Waals surface area contributed by atoms with Gasteiger partial charge in [0.1, 0.15) is 5.82 Å². The number of hydrazone groups is 2. The van der Waals surface area contributed by atoms with Crippen LogP contribution in [0.1, 0.15) is 46.9 Å². The molecule has 8 nitrogen and oxygen atoms in total. The summed E-state index contributed by atoms with van der Waals surface area (Å²) in [6.45, 7) is 5.45. The molecule has 0 aliphatic carbocycles. The van der Waals surface area contributed by atoms with Crippen molar-refractivity contribution in [2.24, 2.45) is 16.0 Å². The smallest absolute Gasteiger partial charge is 0.338 e. The predicted octanol–water partition coefficient (Wildman–Crippen LogP) is 3.66. The van der Waals surface area contributed by atoms with Crippen LogP contribution in [0.5, 0.6) is 0 Å². The van der Waals surface area contributed by atoms with Crippen LogP contribution < -0.4 is 16.8 Å². The van der Waals surface area contributed by atoms with E-state index in [1.165, 1.54) is 23.8 Å². The number of hydrogen-bond donors (Lipinski definition) is 2. The van der Waals surface area contributed by atoms with Crippen molar-refractivity contribution in [3.05, 3.63) is 93.2 Å². The number of amidine groups is 1. The third kappa shape index (κ3) is 5.81. The van der Waals surface area contributed by atoms with E-state index < -0.39 is 11.8 Å². The van der Waals surface area contributed by atoms with Gasteiger partial charge >= 0.3 is 5.97 Å². The molecule has 0 radical (unpaired) electrons. The van der Waals surface area contributed by atoms with E-state index in [4.69, 9.17) is 10.6 Å². The van der Waals surface area contributed by atoms with Gasteiger partial charge < -0.3 is 15.1 Å². The zero-order valence-corrected chi connectivity index (χ0v) is 19.8. The van der Waals surface area contributed by atoms with Crippen LogP contribution in [-0.2, 0) is 17.7 Å². The van der Waals surface area contributed by atoms with Gasteiger partial charge in [-0.05, 0) is 36.1 Å². The molecule has 0 amide bonds. The minimum absolute atomic E-state index is 0.0323. The van der Waals surface area contributed by atoms with Gasteiger partial charge in [0.05, 0.1) is 19.2 Å². The Kier molecular flexibility index (Phi) is 8.50. The number of hydrogen-bond acceptors (Lipinski definition) is 6. The quantitative estimate of drug-likeness (QED) is 0.161. The largest absolute Gasteiger partial charge is 0.465 e. The van der Waals surface area contributed by atoms with E-state index in [0.717, 1.165) is 12.8 Å². The second kappa shape index (κ2) is 11.7. The van der Waals surface area contributed by atoms with Crippen LogP contribution in [0.25, 0.3) is 11.1 Å². The highest BCUT2D eigenvalue weighted by Gasteiger charge is 2.16. The summed E-state index contributed by atoms with van der Waals surface area (Å²) in [6, 6.07) is 14.9. The van der Waals surface area contributed by atoms with Crippen molar-refractivity contribution in [3.8, 4) is 11.1 Å². The number of unbranched alkanes of at least 4 members (excludes halogenated alkanes) is 1. The van der Waals surface area contributed by atoms with Gasteiger partial charge in [0, 0.05) is 29.6 Å². The van der Waals surface area contributed by atoms with Crippen molar-refractivity contribution < 1.29 is 13.9 Å². The maximum Gasteiger partial charge on any atom is 0.338 e. The number of ether oxygens (including phenoxy) is 1. The summed E-state index contributed by atoms with van der Waals surface area (Å²) in [5.74, 6) is 4.72. The lowest BCUT2D eigenvalue weighted by Crippen LogP contribution is -2.26. The highest BCUT2D eigenvalue weighted by Crippen LogP contribution is 2.26. The average Bonchev–Trinajstić information content (AvgIpc) is 2.87. The second-order valence-electron chi connectivity index (χ2n) is 7.85. The fourth-order valence-corrected chi connectivity index (χ4v) is 3.82. The van der Waals surface area contributed by atoms with Gasteiger partial charge in [-0.15, -0.1) is 0 Å². The van der Waals surface area contributed by atoms with Crippen LogP contribution in [0.2, 0.25) is 0 Å². The van der Waals surface area contributed by atoms with Crippen LogP contribution >= 0.6 is 0 Å². The van der Waals surface area contributed by atoms with Crippen molar-refractivity contribution in [2.75, 3.05) is 7.11 Å². The standard InChI is InChI=1S/C26H28FN5O3/c1-4-5-8-20-13-19(26(34)35-3)15-24(33)32(20)16-18-12-11-17(14-23(18)27)21-9-6-7-10-22(21)25(30-28)31-29-2/h6-7,9-15H,2,4-5,8,16,28H2,1,3H3,(H,30,31). The Morgan fingerprint density at radius 3 is 2.63 bits per heavy atom. The number of esters is 1. The highest BCUT2D eigenvalue weighted by atomic mass is 19.1. The molecule has 0 spiro atoms. The van der Waals surface area contributed by atoms with Crippen molar-refractivity contribution in [3.63, 3.8) is 0 Å². The summed E-state index contributed by atoms with van der Waals surface area (Å²) in [7, 11) is 1.26. The summed E-state index contributed by atoms with van der Waals surface area (Å²) >= 11 is 0. The first-order chi connectivity index (χ1) is 16.9. The molecule has 0 atom stereocenters. The topological polar surface area (TPSA) is 111 Å². The molecule has 3 N–H and O–H groups in total. The molecule has 1 heterocycles. The molecule has 0 unspecified atom stereocenters. The number of methoxy groups -OCH3 is 1. The normalized spacial score (nSPS) is 11.2. The molecule has 182 valence electrons. The van der Waals surface area contributed by atoms with Gasteiger partial charge in [-0.3, -0.25) is 10.2 Å². The van der Waals surface area contributed by atoms with Crippen LogP contribution in [0.4, 0.5) is 4.39 Å². The highest BCUT2D eigenvalue weighted by molar-refractivity contribution is 6.04. The summed E-state index contributed by atoms with van der Waals surface area (Å²) in [5, 5.41) is 7.32. The number of aryl methyl sites for hydroxylation is 1. The second-order valence-corrected chi connectivity index (χ2v) is 7.85. The first kappa shape index (κ1) is 25.4. The minimum atomic E-state index is -0.581. The number of rotatable bonds is 9. The van der Waals surface area contributed by atoms with Gasteiger partial charge in [0.2, 0.25) is 0 Å².